The molecule has 0 aliphatic rings. The topological polar surface area (TPSA) is 48.4 Å². The lowest BCUT2D eigenvalue weighted by Crippen LogP contribution is -2.07. The number of nitrogens with zero attached hydrogens (tertiary/aromatic N) is 1. The van der Waals surface area contributed by atoms with Crippen LogP contribution in [0.3, 0.4) is 0 Å². The van der Waals surface area contributed by atoms with Crippen molar-refractivity contribution < 1.29 is 27.4 Å². The maximum absolute atomic E-state index is 12.9. The number of carbonyl (C=O) groups is 1. The van der Waals surface area contributed by atoms with Gasteiger partial charge < -0.3 is 9.47 Å². The Kier molecular flexibility index (Phi) is 4.58. The number of rotatable bonds is 3. The number of aryl methyl sites for hydroxylation is 1. The van der Waals surface area contributed by atoms with E-state index >= 15 is 0 Å². The number of hydrogen-bond acceptors (Lipinski definition) is 4. The van der Waals surface area contributed by atoms with E-state index in [1.807, 2.05) is 0 Å². The third-order valence-electron chi connectivity index (χ3n) is 3.19. The molecule has 0 fully saturated rings. The molecule has 1 aromatic heterocycles. The predicted octanol–water partition coefficient (Wildman–Crippen LogP) is 3.87. The fourth-order valence-electron chi connectivity index (χ4n) is 2.14. The number of halogens is 3. The van der Waals surface area contributed by atoms with Crippen molar-refractivity contribution in [3.63, 3.8) is 0 Å². The highest BCUT2D eigenvalue weighted by molar-refractivity contribution is 5.89. The highest BCUT2D eigenvalue weighted by atomic mass is 19.4. The number of alkyl halides is 3. The first-order chi connectivity index (χ1) is 10.8. The van der Waals surface area contributed by atoms with Crippen LogP contribution in [-0.4, -0.2) is 25.2 Å². The van der Waals surface area contributed by atoms with Gasteiger partial charge in [-0.05, 0) is 42.8 Å². The van der Waals surface area contributed by atoms with Crippen LogP contribution in [-0.2, 0) is 10.9 Å². The second-order valence-corrected chi connectivity index (χ2v) is 4.79. The fraction of sp³-hybridized carbons (Fsp3) is 0.250. The Hall–Kier alpha value is -2.57. The molecule has 0 bridgehead atoms. The van der Waals surface area contributed by atoms with Crippen molar-refractivity contribution in [3.8, 4) is 16.9 Å². The first-order valence-electron chi connectivity index (χ1n) is 6.59. The zero-order valence-corrected chi connectivity index (χ0v) is 12.7. The predicted molar refractivity (Wildman–Crippen MR) is 77.3 cm³/mol. The SMILES string of the molecule is COC(=O)c1cc(-c2cc(C(F)(F)F)ccc2OC)cc(C)n1. The molecular formula is C16H14F3NO3. The first-order valence-corrected chi connectivity index (χ1v) is 6.59. The Labute approximate surface area is 130 Å². The van der Waals surface area contributed by atoms with Gasteiger partial charge in [-0.25, -0.2) is 9.78 Å². The van der Waals surface area contributed by atoms with Crippen LogP contribution in [0.4, 0.5) is 13.2 Å². The molecule has 1 heterocycles. The molecule has 4 nitrogen and oxygen atoms in total. The average molecular weight is 325 g/mol. The van der Waals surface area contributed by atoms with Crippen molar-refractivity contribution >= 4 is 5.97 Å². The molecule has 0 unspecified atom stereocenters. The van der Waals surface area contributed by atoms with E-state index in [-0.39, 0.29) is 17.0 Å². The molecule has 2 rings (SSSR count). The van der Waals surface area contributed by atoms with Crippen LogP contribution in [0, 0.1) is 6.92 Å². The standard InChI is InChI=1S/C16H14F3NO3/c1-9-6-10(7-13(20-9)15(21)23-3)12-8-11(16(17,18)19)4-5-14(12)22-2/h4-8H,1-3H3. The molecule has 122 valence electrons. The van der Waals surface area contributed by atoms with E-state index in [9.17, 15) is 18.0 Å². The van der Waals surface area contributed by atoms with Gasteiger partial charge in [-0.1, -0.05) is 0 Å². The molecule has 0 aliphatic carbocycles. The molecule has 2 aromatic rings. The zero-order valence-electron chi connectivity index (χ0n) is 12.7. The maximum Gasteiger partial charge on any atom is 0.416 e. The minimum atomic E-state index is -4.48. The molecular weight excluding hydrogens is 311 g/mol. The number of esters is 1. The van der Waals surface area contributed by atoms with Crippen LogP contribution < -0.4 is 4.74 Å². The summed E-state index contributed by atoms with van der Waals surface area (Å²) >= 11 is 0. The highest BCUT2D eigenvalue weighted by Gasteiger charge is 2.31. The summed E-state index contributed by atoms with van der Waals surface area (Å²) in [6.45, 7) is 1.63. The van der Waals surface area contributed by atoms with Crippen molar-refractivity contribution in [2.75, 3.05) is 14.2 Å². The second-order valence-electron chi connectivity index (χ2n) is 4.79. The van der Waals surface area contributed by atoms with E-state index in [4.69, 9.17) is 4.74 Å². The van der Waals surface area contributed by atoms with Crippen molar-refractivity contribution in [2.24, 2.45) is 0 Å². The van der Waals surface area contributed by atoms with Crippen molar-refractivity contribution in [3.05, 3.63) is 47.3 Å². The molecule has 0 aliphatic heterocycles. The Morgan fingerprint density at radius 1 is 1.13 bits per heavy atom. The van der Waals surface area contributed by atoms with Crippen LogP contribution >= 0.6 is 0 Å². The smallest absolute Gasteiger partial charge is 0.416 e. The van der Waals surface area contributed by atoms with Gasteiger partial charge in [0.1, 0.15) is 11.4 Å². The zero-order chi connectivity index (χ0) is 17.2. The Morgan fingerprint density at radius 2 is 1.83 bits per heavy atom. The lowest BCUT2D eigenvalue weighted by atomic mass is 10.0. The largest absolute Gasteiger partial charge is 0.496 e. The highest BCUT2D eigenvalue weighted by Crippen LogP contribution is 2.37. The summed E-state index contributed by atoms with van der Waals surface area (Å²) in [6.07, 6.45) is -4.48. The van der Waals surface area contributed by atoms with Crippen molar-refractivity contribution in [1.82, 2.24) is 4.98 Å². The van der Waals surface area contributed by atoms with Crippen LogP contribution in [0.25, 0.3) is 11.1 Å². The Morgan fingerprint density at radius 3 is 2.39 bits per heavy atom. The Bertz CT molecular complexity index is 742. The van der Waals surface area contributed by atoms with Crippen LogP contribution in [0.1, 0.15) is 21.7 Å². The van der Waals surface area contributed by atoms with Gasteiger partial charge in [-0.15, -0.1) is 0 Å². The van der Waals surface area contributed by atoms with E-state index in [1.165, 1.54) is 26.4 Å². The molecule has 0 atom stereocenters. The summed E-state index contributed by atoms with van der Waals surface area (Å²) < 4.78 is 48.5. The molecule has 0 spiro atoms. The van der Waals surface area contributed by atoms with Gasteiger partial charge in [0.25, 0.3) is 0 Å². The van der Waals surface area contributed by atoms with Crippen molar-refractivity contribution in [1.29, 1.82) is 0 Å². The number of carbonyl (C=O) groups excluding carboxylic acids is 1. The summed E-state index contributed by atoms with van der Waals surface area (Å²) in [4.78, 5) is 15.7. The normalized spacial score (nSPS) is 11.2. The van der Waals surface area contributed by atoms with Gasteiger partial charge in [0, 0.05) is 11.3 Å². The molecule has 0 saturated carbocycles. The third kappa shape index (κ3) is 3.61. The van der Waals surface area contributed by atoms with Gasteiger partial charge in [0.2, 0.25) is 0 Å². The van der Waals surface area contributed by atoms with Crippen LogP contribution in [0.2, 0.25) is 0 Å². The summed E-state index contributed by atoms with van der Waals surface area (Å²) in [5.74, 6) is -0.402. The molecule has 0 radical (unpaired) electrons. The minimum absolute atomic E-state index is 0.0157. The summed E-state index contributed by atoms with van der Waals surface area (Å²) in [7, 11) is 2.57. The van der Waals surface area contributed by atoms with Gasteiger partial charge in [0.15, 0.2) is 0 Å². The molecule has 0 amide bonds. The van der Waals surface area contributed by atoms with Gasteiger partial charge >= 0.3 is 12.1 Å². The van der Waals surface area contributed by atoms with E-state index in [2.05, 4.69) is 9.72 Å². The third-order valence-corrected chi connectivity index (χ3v) is 3.19. The molecule has 23 heavy (non-hydrogen) atoms. The number of aromatic nitrogens is 1. The number of hydrogen-bond donors (Lipinski definition) is 0. The second kappa shape index (κ2) is 6.28. The molecule has 7 heteroatoms. The quantitative estimate of drug-likeness (QED) is 0.804. The maximum atomic E-state index is 12.9. The number of methoxy groups -OCH3 is 2. The van der Waals surface area contributed by atoms with Gasteiger partial charge in [-0.3, -0.25) is 0 Å². The number of pyridine rings is 1. The lowest BCUT2D eigenvalue weighted by molar-refractivity contribution is -0.137. The molecule has 0 saturated heterocycles. The van der Waals surface area contributed by atoms with E-state index < -0.39 is 17.7 Å². The fourth-order valence-corrected chi connectivity index (χ4v) is 2.14. The summed E-state index contributed by atoms with van der Waals surface area (Å²) in [6, 6.07) is 6.11. The first kappa shape index (κ1) is 16.8. The van der Waals surface area contributed by atoms with Gasteiger partial charge in [-0.2, -0.15) is 13.2 Å². The molecule has 0 N–H and O–H groups in total. The minimum Gasteiger partial charge on any atom is -0.496 e. The monoisotopic (exact) mass is 325 g/mol. The van der Waals surface area contributed by atoms with E-state index in [0.29, 0.717) is 11.3 Å². The Balaban J connectivity index is 2.65. The van der Waals surface area contributed by atoms with Crippen LogP contribution in [0.5, 0.6) is 5.75 Å². The molecule has 1 aromatic carbocycles. The number of ether oxygens (including phenoxy) is 2. The summed E-state index contributed by atoms with van der Waals surface area (Å²) in [5, 5.41) is 0. The van der Waals surface area contributed by atoms with Crippen LogP contribution in [0.15, 0.2) is 30.3 Å². The van der Waals surface area contributed by atoms with Gasteiger partial charge in [0.05, 0.1) is 19.8 Å². The lowest BCUT2D eigenvalue weighted by Gasteiger charge is -2.14. The average Bonchev–Trinajstić information content (AvgIpc) is 2.51. The van der Waals surface area contributed by atoms with Crippen molar-refractivity contribution in [2.45, 2.75) is 13.1 Å². The number of benzene rings is 1. The van der Waals surface area contributed by atoms with E-state index in [1.54, 1.807) is 13.0 Å². The summed E-state index contributed by atoms with van der Waals surface area (Å²) in [5.41, 5.74) is 0.297. The van der Waals surface area contributed by atoms with E-state index in [0.717, 1.165) is 12.1 Å².